The maximum atomic E-state index is 11.4. The van der Waals surface area contributed by atoms with Gasteiger partial charge in [0.1, 0.15) is 0 Å². The van der Waals surface area contributed by atoms with Gasteiger partial charge in [0, 0.05) is 0 Å². The summed E-state index contributed by atoms with van der Waals surface area (Å²) in [5.74, 6) is 2.35. The molecule has 0 aromatic carbocycles. The number of hydrogen-bond acceptors (Lipinski definition) is 1. The summed E-state index contributed by atoms with van der Waals surface area (Å²) in [6, 6.07) is 0. The molecular formula is C20H34O2. The Bertz CT molecular complexity index is 347. The summed E-state index contributed by atoms with van der Waals surface area (Å²) in [7, 11) is 0. The molecule has 0 aromatic rings. The molecule has 0 heterocycles. The van der Waals surface area contributed by atoms with E-state index in [0.29, 0.717) is 12.3 Å². The minimum absolute atomic E-state index is 0.196. The zero-order valence-electron chi connectivity index (χ0n) is 14.3. The highest BCUT2D eigenvalue weighted by atomic mass is 16.4. The van der Waals surface area contributed by atoms with Crippen molar-refractivity contribution in [2.75, 3.05) is 0 Å². The monoisotopic (exact) mass is 306 g/mol. The Morgan fingerprint density at radius 3 is 2.09 bits per heavy atom. The average molecular weight is 306 g/mol. The predicted molar refractivity (Wildman–Crippen MR) is 91.7 cm³/mol. The van der Waals surface area contributed by atoms with Gasteiger partial charge in [-0.15, -0.1) is 6.58 Å². The Balaban J connectivity index is 1.77. The Morgan fingerprint density at radius 1 is 1.09 bits per heavy atom. The molecule has 0 saturated heterocycles. The fourth-order valence-corrected chi connectivity index (χ4v) is 5.05. The van der Waals surface area contributed by atoms with Gasteiger partial charge in [0.25, 0.3) is 0 Å². The SMILES string of the molecule is C=CCC(C(=O)O)[C@H]1CC[C@H]([C@H]2CC[C@H](CCC)CC2)CC1. The fraction of sp³-hybridized carbons (Fsp3) is 0.850. The van der Waals surface area contributed by atoms with Crippen molar-refractivity contribution in [1.82, 2.24) is 0 Å². The molecule has 2 saturated carbocycles. The van der Waals surface area contributed by atoms with E-state index in [0.717, 1.165) is 30.6 Å². The van der Waals surface area contributed by atoms with Crippen LogP contribution in [0.15, 0.2) is 12.7 Å². The number of aliphatic carboxylic acids is 1. The standard InChI is InChI=1S/C20H34O2/c1-3-5-15-7-9-16(10-8-15)17-11-13-18(14-12-17)19(6-4-2)20(21)22/h4,15-19H,2-3,5-14H2,1H3,(H,21,22)/t15-,16-,17-,18-,19?. The second-order valence-electron chi connectivity index (χ2n) is 7.71. The van der Waals surface area contributed by atoms with Gasteiger partial charge in [-0.1, -0.05) is 38.7 Å². The van der Waals surface area contributed by atoms with Crippen molar-refractivity contribution in [2.24, 2.45) is 29.6 Å². The molecule has 0 bridgehead atoms. The third-order valence-corrected chi connectivity index (χ3v) is 6.38. The summed E-state index contributed by atoms with van der Waals surface area (Å²) < 4.78 is 0. The number of carboxylic acid groups (broad SMARTS) is 1. The Morgan fingerprint density at radius 2 is 1.64 bits per heavy atom. The first-order valence-electron chi connectivity index (χ1n) is 9.49. The fourth-order valence-electron chi connectivity index (χ4n) is 5.05. The summed E-state index contributed by atoms with van der Waals surface area (Å²) in [5, 5.41) is 9.40. The Hall–Kier alpha value is -0.790. The van der Waals surface area contributed by atoms with Crippen LogP contribution in [0.5, 0.6) is 0 Å². The van der Waals surface area contributed by atoms with Gasteiger partial charge in [-0.2, -0.15) is 0 Å². The van der Waals surface area contributed by atoms with Crippen molar-refractivity contribution < 1.29 is 9.90 Å². The van der Waals surface area contributed by atoms with E-state index < -0.39 is 5.97 Å². The number of rotatable bonds is 7. The summed E-state index contributed by atoms with van der Waals surface area (Å²) in [6.45, 7) is 6.03. The van der Waals surface area contributed by atoms with Crippen molar-refractivity contribution in [3.63, 3.8) is 0 Å². The van der Waals surface area contributed by atoms with Crippen LogP contribution >= 0.6 is 0 Å². The number of hydrogen-bond donors (Lipinski definition) is 1. The van der Waals surface area contributed by atoms with E-state index in [1.165, 1.54) is 51.4 Å². The van der Waals surface area contributed by atoms with E-state index in [4.69, 9.17) is 0 Å². The summed E-state index contributed by atoms with van der Waals surface area (Å²) in [5.41, 5.74) is 0. The largest absolute Gasteiger partial charge is 0.481 e. The van der Waals surface area contributed by atoms with E-state index >= 15 is 0 Å². The zero-order chi connectivity index (χ0) is 15.9. The molecule has 2 aliphatic carbocycles. The average Bonchev–Trinajstić information content (AvgIpc) is 2.54. The van der Waals surface area contributed by atoms with Crippen LogP contribution in [0, 0.1) is 29.6 Å². The molecule has 126 valence electrons. The van der Waals surface area contributed by atoms with Crippen LogP contribution in [0.2, 0.25) is 0 Å². The maximum absolute atomic E-state index is 11.4. The van der Waals surface area contributed by atoms with Gasteiger partial charge in [-0.3, -0.25) is 4.79 Å². The Kier molecular flexibility index (Phi) is 6.98. The quantitative estimate of drug-likeness (QED) is 0.615. The first-order valence-corrected chi connectivity index (χ1v) is 9.49. The van der Waals surface area contributed by atoms with Crippen molar-refractivity contribution in [3.05, 3.63) is 12.7 Å². The highest BCUT2D eigenvalue weighted by Crippen LogP contribution is 2.44. The highest BCUT2D eigenvalue weighted by molar-refractivity contribution is 5.70. The van der Waals surface area contributed by atoms with Gasteiger partial charge in [0.2, 0.25) is 0 Å². The lowest BCUT2D eigenvalue weighted by Gasteiger charge is -2.39. The first kappa shape index (κ1) is 17.6. The van der Waals surface area contributed by atoms with Gasteiger partial charge in [0.15, 0.2) is 0 Å². The summed E-state index contributed by atoms with van der Waals surface area (Å²) in [6.07, 6.45) is 15.6. The van der Waals surface area contributed by atoms with Crippen LogP contribution in [-0.4, -0.2) is 11.1 Å². The molecular weight excluding hydrogens is 272 g/mol. The minimum atomic E-state index is -0.622. The molecule has 2 rings (SSSR count). The normalized spacial score (nSPS) is 34.0. The van der Waals surface area contributed by atoms with Crippen LogP contribution in [-0.2, 0) is 4.79 Å². The van der Waals surface area contributed by atoms with Crippen molar-refractivity contribution in [1.29, 1.82) is 0 Å². The smallest absolute Gasteiger partial charge is 0.307 e. The molecule has 1 atom stereocenters. The van der Waals surface area contributed by atoms with Crippen LogP contribution in [0.25, 0.3) is 0 Å². The zero-order valence-corrected chi connectivity index (χ0v) is 14.3. The van der Waals surface area contributed by atoms with Crippen LogP contribution in [0.1, 0.15) is 77.6 Å². The second-order valence-corrected chi connectivity index (χ2v) is 7.71. The van der Waals surface area contributed by atoms with E-state index in [-0.39, 0.29) is 5.92 Å². The predicted octanol–water partition coefficient (Wildman–Crippen LogP) is 5.68. The van der Waals surface area contributed by atoms with Crippen LogP contribution in [0.4, 0.5) is 0 Å². The van der Waals surface area contributed by atoms with Gasteiger partial charge in [-0.05, 0) is 68.6 Å². The molecule has 22 heavy (non-hydrogen) atoms. The third-order valence-electron chi connectivity index (χ3n) is 6.38. The van der Waals surface area contributed by atoms with Gasteiger partial charge in [-0.25, -0.2) is 0 Å². The molecule has 0 radical (unpaired) electrons. The summed E-state index contributed by atoms with van der Waals surface area (Å²) >= 11 is 0. The molecule has 2 heteroatoms. The maximum Gasteiger partial charge on any atom is 0.307 e. The molecule has 0 aromatic heterocycles. The lowest BCUT2D eigenvalue weighted by Crippen LogP contribution is -2.30. The van der Waals surface area contributed by atoms with Crippen LogP contribution < -0.4 is 0 Å². The lowest BCUT2D eigenvalue weighted by atomic mass is 9.67. The van der Waals surface area contributed by atoms with Gasteiger partial charge >= 0.3 is 5.97 Å². The van der Waals surface area contributed by atoms with E-state index in [2.05, 4.69) is 13.5 Å². The van der Waals surface area contributed by atoms with E-state index in [9.17, 15) is 9.90 Å². The topological polar surface area (TPSA) is 37.3 Å². The second kappa shape index (κ2) is 8.74. The van der Waals surface area contributed by atoms with Crippen molar-refractivity contribution in [3.8, 4) is 0 Å². The third kappa shape index (κ3) is 4.60. The highest BCUT2D eigenvalue weighted by Gasteiger charge is 2.34. The number of carboxylic acids is 1. The van der Waals surface area contributed by atoms with Gasteiger partial charge < -0.3 is 5.11 Å². The number of allylic oxidation sites excluding steroid dienone is 1. The molecule has 0 amide bonds. The van der Waals surface area contributed by atoms with Gasteiger partial charge in [0.05, 0.1) is 5.92 Å². The van der Waals surface area contributed by atoms with E-state index in [1.807, 2.05) is 0 Å². The molecule has 1 unspecified atom stereocenters. The molecule has 2 nitrogen and oxygen atoms in total. The van der Waals surface area contributed by atoms with Crippen molar-refractivity contribution >= 4 is 5.97 Å². The lowest BCUT2D eigenvalue weighted by molar-refractivity contribution is -0.144. The molecule has 1 N–H and O–H groups in total. The summed E-state index contributed by atoms with van der Waals surface area (Å²) in [4.78, 5) is 11.4. The molecule has 2 fully saturated rings. The molecule has 2 aliphatic rings. The van der Waals surface area contributed by atoms with Crippen LogP contribution in [0.3, 0.4) is 0 Å². The molecule has 0 aliphatic heterocycles. The first-order chi connectivity index (χ1) is 10.7. The molecule has 0 spiro atoms. The van der Waals surface area contributed by atoms with Crippen molar-refractivity contribution in [2.45, 2.75) is 77.6 Å². The van der Waals surface area contributed by atoms with E-state index in [1.54, 1.807) is 6.08 Å². The Labute approximate surface area is 136 Å². The minimum Gasteiger partial charge on any atom is -0.481 e. The number of carbonyl (C=O) groups is 1.